The molecule has 4 nitrogen and oxygen atoms in total. The van der Waals surface area contributed by atoms with Gasteiger partial charge in [-0.2, -0.15) is 0 Å². The summed E-state index contributed by atoms with van der Waals surface area (Å²) in [5, 5.41) is 6.04. The molecular weight excluding hydrogens is 351 g/mol. The van der Waals surface area contributed by atoms with Gasteiger partial charge in [0.1, 0.15) is 5.82 Å². The number of halogens is 2. The molecule has 2 rings (SSSR count). The lowest BCUT2D eigenvalue weighted by Gasteiger charge is -2.06. The Labute approximate surface area is 148 Å². The van der Waals surface area contributed by atoms with Crippen LogP contribution in [0.1, 0.15) is 5.56 Å². The Bertz CT molecular complexity index is 693. The number of carbonyl (C=O) groups is 2. The van der Waals surface area contributed by atoms with Gasteiger partial charge in [0, 0.05) is 17.3 Å². The lowest BCUT2D eigenvalue weighted by atomic mass is 10.2. The number of hydrogen-bond acceptors (Lipinski definition) is 3. The van der Waals surface area contributed by atoms with Crippen molar-refractivity contribution >= 4 is 40.9 Å². The van der Waals surface area contributed by atoms with Crippen LogP contribution < -0.4 is 10.6 Å². The Morgan fingerprint density at radius 3 is 2.25 bits per heavy atom. The second kappa shape index (κ2) is 9.30. The summed E-state index contributed by atoms with van der Waals surface area (Å²) in [5.74, 6) is -0.327. The van der Waals surface area contributed by atoms with E-state index in [1.54, 1.807) is 36.4 Å². The van der Waals surface area contributed by atoms with Gasteiger partial charge in [0.15, 0.2) is 0 Å². The van der Waals surface area contributed by atoms with Crippen molar-refractivity contribution in [2.45, 2.75) is 6.54 Å². The van der Waals surface area contributed by atoms with E-state index in [1.165, 1.54) is 23.9 Å². The Kier molecular flexibility index (Phi) is 7.08. The van der Waals surface area contributed by atoms with Crippen molar-refractivity contribution < 1.29 is 14.0 Å². The van der Waals surface area contributed by atoms with E-state index in [1.807, 2.05) is 0 Å². The van der Waals surface area contributed by atoms with Crippen molar-refractivity contribution in [3.63, 3.8) is 0 Å². The number of anilines is 1. The summed E-state index contributed by atoms with van der Waals surface area (Å²) in [7, 11) is 0. The molecular formula is C17H16ClFN2O2S. The Morgan fingerprint density at radius 1 is 0.958 bits per heavy atom. The summed E-state index contributed by atoms with van der Waals surface area (Å²) in [6.07, 6.45) is 0. The quantitative estimate of drug-likeness (QED) is 0.788. The molecule has 0 fully saturated rings. The zero-order valence-electron chi connectivity index (χ0n) is 12.7. The van der Waals surface area contributed by atoms with Gasteiger partial charge in [-0.05, 0) is 42.0 Å². The van der Waals surface area contributed by atoms with Crippen LogP contribution in [0.3, 0.4) is 0 Å². The number of rotatable bonds is 7. The Hall–Kier alpha value is -2.05. The normalized spacial score (nSPS) is 10.2. The summed E-state index contributed by atoms with van der Waals surface area (Å²) in [4.78, 5) is 23.5. The van der Waals surface area contributed by atoms with Crippen LogP contribution in [0.2, 0.25) is 5.02 Å². The van der Waals surface area contributed by atoms with E-state index in [-0.39, 0.29) is 29.1 Å². The number of nitrogens with one attached hydrogen (secondary N) is 2. The highest BCUT2D eigenvalue weighted by Crippen LogP contribution is 2.13. The molecule has 0 aromatic heterocycles. The van der Waals surface area contributed by atoms with E-state index < -0.39 is 0 Å². The van der Waals surface area contributed by atoms with Crippen molar-refractivity contribution in [3.05, 3.63) is 64.9 Å². The predicted molar refractivity (Wildman–Crippen MR) is 95.7 cm³/mol. The van der Waals surface area contributed by atoms with Gasteiger partial charge in [-0.1, -0.05) is 23.7 Å². The zero-order valence-corrected chi connectivity index (χ0v) is 14.3. The highest BCUT2D eigenvalue weighted by Gasteiger charge is 2.06. The van der Waals surface area contributed by atoms with Crippen LogP contribution in [0.25, 0.3) is 0 Å². The van der Waals surface area contributed by atoms with Crippen molar-refractivity contribution in [3.8, 4) is 0 Å². The Balaban J connectivity index is 1.63. The molecule has 2 N–H and O–H groups in total. The first-order valence-corrected chi connectivity index (χ1v) is 8.70. The summed E-state index contributed by atoms with van der Waals surface area (Å²) in [6, 6.07) is 12.7. The van der Waals surface area contributed by atoms with Crippen LogP contribution in [-0.2, 0) is 16.1 Å². The molecule has 0 atom stereocenters. The molecule has 2 aromatic carbocycles. The lowest BCUT2D eigenvalue weighted by Crippen LogP contribution is -2.25. The summed E-state index contributed by atoms with van der Waals surface area (Å²) >= 11 is 6.99. The third-order valence-corrected chi connectivity index (χ3v) is 4.18. The fourth-order valence-corrected chi connectivity index (χ4v) is 2.59. The molecule has 2 amide bonds. The van der Waals surface area contributed by atoms with Crippen molar-refractivity contribution in [1.82, 2.24) is 5.32 Å². The van der Waals surface area contributed by atoms with E-state index in [4.69, 9.17) is 11.6 Å². The maximum atomic E-state index is 12.8. The number of carbonyl (C=O) groups excluding carboxylic acids is 2. The molecule has 0 radical (unpaired) electrons. The monoisotopic (exact) mass is 366 g/mol. The molecule has 7 heteroatoms. The van der Waals surface area contributed by atoms with Crippen LogP contribution in [-0.4, -0.2) is 23.3 Å². The predicted octanol–water partition coefficient (Wildman–Crippen LogP) is 3.47. The minimum atomic E-state index is -0.313. The van der Waals surface area contributed by atoms with E-state index in [0.29, 0.717) is 17.3 Å². The standard InChI is InChI=1S/C17H16ClFN2O2S/c18-13-3-7-15(8-4-13)21-17(23)11-24-10-16(22)20-9-12-1-5-14(19)6-2-12/h1-8H,9-11H2,(H,20,22)(H,21,23). The van der Waals surface area contributed by atoms with Gasteiger partial charge >= 0.3 is 0 Å². The second-order valence-corrected chi connectivity index (χ2v) is 6.37. The van der Waals surface area contributed by atoms with E-state index in [9.17, 15) is 14.0 Å². The zero-order chi connectivity index (χ0) is 17.4. The average molecular weight is 367 g/mol. The third kappa shape index (κ3) is 6.60. The second-order valence-electron chi connectivity index (χ2n) is 4.95. The van der Waals surface area contributed by atoms with Crippen LogP contribution in [0.5, 0.6) is 0 Å². The average Bonchev–Trinajstić information content (AvgIpc) is 2.56. The molecule has 0 bridgehead atoms. The number of benzene rings is 2. The largest absolute Gasteiger partial charge is 0.351 e. The van der Waals surface area contributed by atoms with Gasteiger partial charge < -0.3 is 10.6 Å². The van der Waals surface area contributed by atoms with E-state index in [2.05, 4.69) is 10.6 Å². The van der Waals surface area contributed by atoms with Crippen molar-refractivity contribution in [2.24, 2.45) is 0 Å². The SMILES string of the molecule is O=C(CSCC(=O)Nc1ccc(Cl)cc1)NCc1ccc(F)cc1. The van der Waals surface area contributed by atoms with Crippen LogP contribution in [0.15, 0.2) is 48.5 Å². The summed E-state index contributed by atoms with van der Waals surface area (Å²) in [6.45, 7) is 0.330. The van der Waals surface area contributed by atoms with E-state index in [0.717, 1.165) is 5.56 Å². The summed E-state index contributed by atoms with van der Waals surface area (Å²) < 4.78 is 12.8. The lowest BCUT2D eigenvalue weighted by molar-refractivity contribution is -0.118. The first-order valence-electron chi connectivity index (χ1n) is 7.17. The van der Waals surface area contributed by atoms with E-state index >= 15 is 0 Å². The third-order valence-electron chi connectivity index (χ3n) is 3.00. The maximum absolute atomic E-state index is 12.8. The smallest absolute Gasteiger partial charge is 0.234 e. The molecule has 0 aliphatic heterocycles. The molecule has 126 valence electrons. The number of amides is 2. The minimum Gasteiger partial charge on any atom is -0.351 e. The van der Waals surface area contributed by atoms with Crippen molar-refractivity contribution in [2.75, 3.05) is 16.8 Å². The van der Waals surface area contributed by atoms with Crippen LogP contribution >= 0.6 is 23.4 Å². The van der Waals surface area contributed by atoms with Gasteiger partial charge in [-0.25, -0.2) is 4.39 Å². The molecule has 0 saturated heterocycles. The summed E-state index contributed by atoms with van der Waals surface area (Å²) in [5.41, 5.74) is 1.47. The molecule has 0 spiro atoms. The van der Waals surface area contributed by atoms with Crippen LogP contribution in [0, 0.1) is 5.82 Å². The Morgan fingerprint density at radius 2 is 1.58 bits per heavy atom. The van der Waals surface area contributed by atoms with Gasteiger partial charge in [0.25, 0.3) is 0 Å². The molecule has 0 heterocycles. The maximum Gasteiger partial charge on any atom is 0.234 e. The molecule has 24 heavy (non-hydrogen) atoms. The van der Waals surface area contributed by atoms with Gasteiger partial charge in [-0.15, -0.1) is 11.8 Å². The first-order chi connectivity index (χ1) is 11.5. The van der Waals surface area contributed by atoms with Gasteiger partial charge in [0.2, 0.25) is 11.8 Å². The number of thioether (sulfide) groups is 1. The molecule has 0 saturated carbocycles. The molecule has 0 aliphatic carbocycles. The molecule has 0 unspecified atom stereocenters. The van der Waals surface area contributed by atoms with Crippen molar-refractivity contribution in [1.29, 1.82) is 0 Å². The number of hydrogen-bond donors (Lipinski definition) is 2. The highest BCUT2D eigenvalue weighted by atomic mass is 35.5. The van der Waals surface area contributed by atoms with Gasteiger partial charge in [-0.3, -0.25) is 9.59 Å². The highest BCUT2D eigenvalue weighted by molar-refractivity contribution is 8.00. The van der Waals surface area contributed by atoms with Gasteiger partial charge in [0.05, 0.1) is 11.5 Å². The fourth-order valence-electron chi connectivity index (χ4n) is 1.82. The van der Waals surface area contributed by atoms with Crippen LogP contribution in [0.4, 0.5) is 10.1 Å². The molecule has 0 aliphatic rings. The minimum absolute atomic E-state index is 0.173. The molecule has 2 aromatic rings. The fraction of sp³-hybridized carbons (Fsp3) is 0.176. The topological polar surface area (TPSA) is 58.2 Å². The first kappa shape index (κ1) is 18.3.